The molecule has 3 aromatic rings. The maximum absolute atomic E-state index is 14.0. The summed E-state index contributed by atoms with van der Waals surface area (Å²) in [5.41, 5.74) is 2.42. The molecule has 0 spiro atoms. The molecule has 1 aromatic heterocycles. The lowest BCUT2D eigenvalue weighted by Gasteiger charge is -2.24. The Bertz CT molecular complexity index is 1700. The molecule has 0 radical (unpaired) electrons. The summed E-state index contributed by atoms with van der Waals surface area (Å²) in [6.07, 6.45) is 0. The van der Waals surface area contributed by atoms with Gasteiger partial charge in [-0.2, -0.15) is 0 Å². The number of carbonyl (C=O) groups is 2. The number of hydrogen-bond donors (Lipinski definition) is 1. The van der Waals surface area contributed by atoms with E-state index in [2.05, 4.69) is 26.2 Å². The van der Waals surface area contributed by atoms with E-state index in [9.17, 15) is 14.4 Å². The largest absolute Gasteiger partial charge is 0.463 e. The van der Waals surface area contributed by atoms with Gasteiger partial charge in [-0.25, -0.2) is 9.79 Å². The zero-order chi connectivity index (χ0) is 25.1. The predicted molar refractivity (Wildman–Crippen MR) is 135 cm³/mol. The number of amides is 1. The van der Waals surface area contributed by atoms with Gasteiger partial charge in [-0.05, 0) is 49.7 Å². The Morgan fingerprint density at radius 3 is 2.83 bits per heavy atom. The molecule has 11 heteroatoms. The number of rotatable bonds is 3. The van der Waals surface area contributed by atoms with Gasteiger partial charge in [0.15, 0.2) is 16.3 Å². The molecule has 0 saturated heterocycles. The van der Waals surface area contributed by atoms with E-state index in [4.69, 9.17) is 14.2 Å². The number of ether oxygens (including phenoxy) is 3. The highest BCUT2D eigenvalue weighted by atomic mass is 79.9. The van der Waals surface area contributed by atoms with Crippen LogP contribution in [0.15, 0.2) is 61.9 Å². The number of benzene rings is 2. The summed E-state index contributed by atoms with van der Waals surface area (Å²) >= 11 is 4.56. The first kappa shape index (κ1) is 22.7. The summed E-state index contributed by atoms with van der Waals surface area (Å²) in [6, 6.07) is 9.84. The van der Waals surface area contributed by atoms with Crippen molar-refractivity contribution in [1.82, 2.24) is 4.57 Å². The molecule has 1 atom stereocenters. The third-order valence-corrected chi connectivity index (χ3v) is 7.70. The molecule has 182 valence electrons. The topological polar surface area (TPSA) is 108 Å². The molecule has 1 amide bonds. The van der Waals surface area contributed by atoms with Crippen LogP contribution in [0.25, 0.3) is 5.57 Å². The van der Waals surface area contributed by atoms with Crippen molar-refractivity contribution in [3.05, 3.63) is 83.0 Å². The van der Waals surface area contributed by atoms with Gasteiger partial charge in [0.25, 0.3) is 11.5 Å². The first-order valence-corrected chi connectivity index (χ1v) is 12.7. The Labute approximate surface area is 216 Å². The average molecular weight is 568 g/mol. The third kappa shape index (κ3) is 3.41. The van der Waals surface area contributed by atoms with Crippen molar-refractivity contribution in [1.29, 1.82) is 0 Å². The van der Waals surface area contributed by atoms with Gasteiger partial charge in [-0.15, -0.1) is 0 Å². The summed E-state index contributed by atoms with van der Waals surface area (Å²) in [7, 11) is 0. The van der Waals surface area contributed by atoms with Gasteiger partial charge in [-0.3, -0.25) is 14.2 Å². The summed E-state index contributed by atoms with van der Waals surface area (Å²) in [5.74, 6) is 0.169. The molecule has 2 aromatic carbocycles. The second-order valence-corrected chi connectivity index (χ2v) is 10.1. The standard InChI is InChI=1S/C25H18BrN3O6S/c1-3-33-24(32)18-11(2)27-25-29(20(18)12-4-7-16-17(8-12)35-10-34-16)23(31)21(36-25)19-14-9-13(26)5-6-15(14)28-22(19)30/h4-9,20H,3,10H2,1-2H3,(H,28,30)/b21-19-/t20-/m0/s1. The van der Waals surface area contributed by atoms with Gasteiger partial charge in [0.1, 0.15) is 4.53 Å². The van der Waals surface area contributed by atoms with Crippen molar-refractivity contribution in [3.63, 3.8) is 0 Å². The molecule has 6 rings (SSSR count). The van der Waals surface area contributed by atoms with Gasteiger partial charge in [-0.1, -0.05) is 33.3 Å². The molecular formula is C25H18BrN3O6S. The van der Waals surface area contributed by atoms with Crippen LogP contribution in [0.3, 0.4) is 0 Å². The Morgan fingerprint density at radius 2 is 2.03 bits per heavy atom. The number of aromatic nitrogens is 1. The van der Waals surface area contributed by atoms with E-state index < -0.39 is 17.6 Å². The van der Waals surface area contributed by atoms with Crippen molar-refractivity contribution >= 4 is 50.4 Å². The van der Waals surface area contributed by atoms with Crippen LogP contribution in [0.1, 0.15) is 31.0 Å². The Kier molecular flexibility index (Phi) is 5.34. The maximum Gasteiger partial charge on any atom is 0.338 e. The minimum absolute atomic E-state index is 0.0919. The van der Waals surface area contributed by atoms with Crippen LogP contribution in [0.2, 0.25) is 0 Å². The number of thiazole rings is 1. The Hall–Kier alpha value is -3.70. The molecule has 4 heterocycles. The lowest BCUT2D eigenvalue weighted by atomic mass is 9.95. The van der Waals surface area contributed by atoms with E-state index in [1.165, 1.54) is 4.57 Å². The zero-order valence-corrected chi connectivity index (χ0v) is 21.5. The van der Waals surface area contributed by atoms with E-state index in [1.54, 1.807) is 44.2 Å². The number of carbonyl (C=O) groups excluding carboxylic acids is 2. The summed E-state index contributed by atoms with van der Waals surface area (Å²) in [6.45, 7) is 3.69. The van der Waals surface area contributed by atoms with Crippen LogP contribution < -0.4 is 29.7 Å². The van der Waals surface area contributed by atoms with Crippen LogP contribution >= 0.6 is 27.3 Å². The van der Waals surface area contributed by atoms with E-state index >= 15 is 0 Å². The summed E-state index contributed by atoms with van der Waals surface area (Å²) < 4.78 is 18.8. The van der Waals surface area contributed by atoms with E-state index in [0.717, 1.165) is 15.8 Å². The van der Waals surface area contributed by atoms with Crippen molar-refractivity contribution in [2.24, 2.45) is 4.99 Å². The van der Waals surface area contributed by atoms with Gasteiger partial charge in [0.05, 0.1) is 29.5 Å². The van der Waals surface area contributed by atoms with Gasteiger partial charge < -0.3 is 19.5 Å². The zero-order valence-electron chi connectivity index (χ0n) is 19.1. The van der Waals surface area contributed by atoms with Crippen molar-refractivity contribution < 1.29 is 23.8 Å². The van der Waals surface area contributed by atoms with Crippen LogP contribution in [0.4, 0.5) is 5.69 Å². The highest BCUT2D eigenvalue weighted by Gasteiger charge is 2.36. The third-order valence-electron chi connectivity index (χ3n) is 6.16. The molecule has 0 bridgehead atoms. The fourth-order valence-electron chi connectivity index (χ4n) is 4.61. The van der Waals surface area contributed by atoms with Gasteiger partial charge in [0.2, 0.25) is 6.79 Å². The molecule has 3 aliphatic rings. The predicted octanol–water partition coefficient (Wildman–Crippen LogP) is 2.61. The number of hydrogen-bond acceptors (Lipinski definition) is 8. The lowest BCUT2D eigenvalue weighted by Crippen LogP contribution is -2.40. The molecule has 0 unspecified atom stereocenters. The van der Waals surface area contributed by atoms with E-state index in [0.29, 0.717) is 38.8 Å². The van der Waals surface area contributed by atoms with Crippen LogP contribution in [0.5, 0.6) is 11.5 Å². The van der Waals surface area contributed by atoms with Gasteiger partial charge in [0, 0.05) is 15.7 Å². The molecule has 3 aliphatic heterocycles. The fourth-order valence-corrected chi connectivity index (χ4v) is 6.11. The maximum atomic E-state index is 14.0. The van der Waals surface area contributed by atoms with Crippen LogP contribution in [-0.4, -0.2) is 29.8 Å². The number of allylic oxidation sites excluding steroid dienone is 1. The molecule has 0 saturated carbocycles. The monoisotopic (exact) mass is 567 g/mol. The number of halogens is 1. The normalized spacial score (nSPS) is 19.0. The molecule has 0 fully saturated rings. The van der Waals surface area contributed by atoms with E-state index in [1.807, 2.05) is 6.07 Å². The first-order chi connectivity index (χ1) is 17.4. The smallest absolute Gasteiger partial charge is 0.338 e. The van der Waals surface area contributed by atoms with Crippen LogP contribution in [0, 0.1) is 0 Å². The first-order valence-electron chi connectivity index (χ1n) is 11.1. The lowest BCUT2D eigenvalue weighted by molar-refractivity contribution is -0.139. The number of anilines is 1. The highest BCUT2D eigenvalue weighted by Crippen LogP contribution is 2.38. The number of nitrogens with one attached hydrogen (secondary N) is 1. The summed E-state index contributed by atoms with van der Waals surface area (Å²) in [5, 5.41) is 2.82. The highest BCUT2D eigenvalue weighted by molar-refractivity contribution is 9.10. The van der Waals surface area contributed by atoms with Crippen molar-refractivity contribution in [2.75, 3.05) is 18.7 Å². The minimum Gasteiger partial charge on any atom is -0.463 e. The van der Waals surface area contributed by atoms with E-state index in [-0.39, 0.29) is 35.0 Å². The molecule has 36 heavy (non-hydrogen) atoms. The van der Waals surface area contributed by atoms with Crippen molar-refractivity contribution in [3.8, 4) is 11.5 Å². The Morgan fingerprint density at radius 1 is 1.22 bits per heavy atom. The minimum atomic E-state index is -0.824. The number of fused-ring (bicyclic) bond motifs is 3. The second kappa shape index (κ2) is 8.45. The Balaban J connectivity index is 1.64. The number of nitrogens with zero attached hydrogens (tertiary/aromatic N) is 2. The molecular weight excluding hydrogens is 550 g/mol. The molecule has 1 N–H and O–H groups in total. The van der Waals surface area contributed by atoms with Crippen molar-refractivity contribution in [2.45, 2.75) is 19.9 Å². The second-order valence-electron chi connectivity index (χ2n) is 8.25. The summed E-state index contributed by atoms with van der Waals surface area (Å²) in [4.78, 5) is 45.0. The fraction of sp³-hybridized carbons (Fsp3) is 0.200. The SMILES string of the molecule is CCOC(=O)C1=C(C)N=c2s/c(=C3\C(=O)Nc4ccc(Br)cc43)c(=O)n2[C@H]1c1ccc2c(c1)OCO2. The average Bonchev–Trinajstić information content (AvgIpc) is 3.52. The van der Waals surface area contributed by atoms with Crippen LogP contribution in [-0.2, 0) is 14.3 Å². The molecule has 0 aliphatic carbocycles. The number of esters is 1. The quantitative estimate of drug-likeness (QED) is 0.487. The van der Waals surface area contributed by atoms with Gasteiger partial charge >= 0.3 is 5.97 Å². The molecule has 9 nitrogen and oxygen atoms in total.